The molecule has 0 aromatic heterocycles. The van der Waals surface area contributed by atoms with E-state index in [1.165, 1.54) is 24.9 Å². The van der Waals surface area contributed by atoms with Crippen molar-refractivity contribution in [1.82, 2.24) is 10.2 Å². The molecule has 126 valence electrons. The summed E-state index contributed by atoms with van der Waals surface area (Å²) in [5, 5.41) is 14.5. The molecule has 1 amide bonds. The number of thioether (sulfide) groups is 1. The largest absolute Gasteiger partial charge is 0.495 e. The number of nitrogens with one attached hydrogen (secondary N) is 1. The molecule has 1 aromatic rings. The van der Waals surface area contributed by atoms with Crippen LogP contribution in [0.3, 0.4) is 0 Å². The lowest BCUT2D eigenvalue weighted by atomic mass is 10.0. The van der Waals surface area contributed by atoms with Gasteiger partial charge in [-0.05, 0) is 32.2 Å². The van der Waals surface area contributed by atoms with Crippen molar-refractivity contribution in [2.24, 2.45) is 0 Å². The number of hydrogen-bond acceptors (Lipinski definition) is 6. The molecule has 0 radical (unpaired) electrons. The second kappa shape index (κ2) is 7.65. The number of nitrogens with zero attached hydrogens (tertiary/aromatic N) is 2. The molecule has 1 aromatic carbocycles. The molecule has 8 heteroatoms. The number of likely N-dealkylation sites (tertiary alicyclic amines) is 1. The third-order valence-corrected chi connectivity index (χ3v) is 4.88. The number of nitro benzene ring substituents is 1. The lowest BCUT2D eigenvalue weighted by Gasteiger charge is -2.31. The Hall–Kier alpha value is -1.80. The molecule has 1 saturated heterocycles. The van der Waals surface area contributed by atoms with Gasteiger partial charge < -0.3 is 15.0 Å². The van der Waals surface area contributed by atoms with Crippen LogP contribution in [0.5, 0.6) is 5.75 Å². The maximum absolute atomic E-state index is 12.7. The fraction of sp³-hybridized carbons (Fsp3) is 0.533. The predicted molar refractivity (Wildman–Crippen MR) is 89.4 cm³/mol. The van der Waals surface area contributed by atoms with Crippen LogP contribution in [0.2, 0.25) is 0 Å². The first-order chi connectivity index (χ1) is 11.0. The van der Waals surface area contributed by atoms with E-state index in [-0.39, 0.29) is 17.2 Å². The Bertz CT molecular complexity index is 601. The number of benzene rings is 1. The summed E-state index contributed by atoms with van der Waals surface area (Å²) in [6, 6.07) is 3.29. The van der Waals surface area contributed by atoms with Crippen LogP contribution >= 0.6 is 11.8 Å². The molecule has 1 aliphatic heterocycles. The summed E-state index contributed by atoms with van der Waals surface area (Å²) in [6.45, 7) is 1.20. The van der Waals surface area contributed by atoms with Crippen LogP contribution < -0.4 is 10.1 Å². The Labute approximate surface area is 139 Å². The van der Waals surface area contributed by atoms with Crippen molar-refractivity contribution in [2.45, 2.75) is 23.8 Å². The first-order valence-electron chi connectivity index (χ1n) is 7.38. The smallest absolute Gasteiger partial charge is 0.285 e. The number of hydrogen-bond donors (Lipinski definition) is 1. The van der Waals surface area contributed by atoms with Crippen LogP contribution in [0.1, 0.15) is 23.2 Å². The SMILES string of the molecule is CNC1CCN(C(=O)c2cc(SC)c(OC)cc2[N+](=O)[O-])CC1. The van der Waals surface area contributed by atoms with E-state index in [0.717, 1.165) is 12.8 Å². The van der Waals surface area contributed by atoms with E-state index in [4.69, 9.17) is 4.74 Å². The van der Waals surface area contributed by atoms with E-state index in [1.54, 1.807) is 11.0 Å². The van der Waals surface area contributed by atoms with Crippen LogP contribution in [-0.4, -0.2) is 55.3 Å². The highest BCUT2D eigenvalue weighted by Crippen LogP contribution is 2.35. The lowest BCUT2D eigenvalue weighted by molar-refractivity contribution is -0.385. The fourth-order valence-electron chi connectivity index (χ4n) is 2.73. The average molecular weight is 339 g/mol. The fourth-order valence-corrected chi connectivity index (χ4v) is 3.31. The number of ether oxygens (including phenoxy) is 1. The molecular formula is C15H21N3O4S. The van der Waals surface area contributed by atoms with Crippen molar-refractivity contribution in [3.8, 4) is 5.75 Å². The van der Waals surface area contributed by atoms with Crippen molar-refractivity contribution in [3.63, 3.8) is 0 Å². The standard InChI is InChI=1S/C15H21N3O4S/c1-16-10-4-6-17(7-5-10)15(19)11-8-14(23-3)13(22-2)9-12(11)18(20)21/h8-10,16H,4-7H2,1-3H3. The molecule has 2 rings (SSSR count). The third kappa shape index (κ3) is 3.76. The van der Waals surface area contributed by atoms with Gasteiger partial charge in [-0.15, -0.1) is 11.8 Å². The van der Waals surface area contributed by atoms with Gasteiger partial charge in [-0.1, -0.05) is 0 Å². The van der Waals surface area contributed by atoms with Crippen molar-refractivity contribution < 1.29 is 14.5 Å². The zero-order valence-corrected chi connectivity index (χ0v) is 14.3. The van der Waals surface area contributed by atoms with E-state index >= 15 is 0 Å². The number of carbonyl (C=O) groups is 1. The number of methoxy groups -OCH3 is 1. The van der Waals surface area contributed by atoms with Gasteiger partial charge in [0.1, 0.15) is 11.3 Å². The zero-order chi connectivity index (χ0) is 17.0. The number of piperidine rings is 1. The molecular weight excluding hydrogens is 318 g/mol. The molecule has 0 saturated carbocycles. The van der Waals surface area contributed by atoms with Crippen LogP contribution in [-0.2, 0) is 0 Å². The maximum Gasteiger partial charge on any atom is 0.285 e. The highest BCUT2D eigenvalue weighted by molar-refractivity contribution is 7.98. The van der Waals surface area contributed by atoms with Crippen molar-refractivity contribution in [3.05, 3.63) is 27.8 Å². The average Bonchev–Trinajstić information content (AvgIpc) is 2.59. The first kappa shape index (κ1) is 17.6. The molecule has 0 atom stereocenters. The summed E-state index contributed by atoms with van der Waals surface area (Å²) in [6.07, 6.45) is 3.54. The first-order valence-corrected chi connectivity index (χ1v) is 8.61. The Morgan fingerprint density at radius 2 is 2.09 bits per heavy atom. The van der Waals surface area contributed by atoms with E-state index < -0.39 is 4.92 Å². The molecule has 0 unspecified atom stereocenters. The predicted octanol–water partition coefficient (Wildman–Crippen LogP) is 2.15. The normalized spacial score (nSPS) is 15.5. The topological polar surface area (TPSA) is 84.7 Å². The van der Waals surface area contributed by atoms with Crippen molar-refractivity contribution in [2.75, 3.05) is 33.5 Å². The Morgan fingerprint density at radius 3 is 2.57 bits per heavy atom. The molecule has 7 nitrogen and oxygen atoms in total. The minimum atomic E-state index is -0.528. The lowest BCUT2D eigenvalue weighted by Crippen LogP contribution is -2.44. The summed E-state index contributed by atoms with van der Waals surface area (Å²) in [4.78, 5) is 26.0. The summed E-state index contributed by atoms with van der Waals surface area (Å²) in [5.74, 6) is 0.124. The van der Waals surface area contributed by atoms with Gasteiger partial charge in [0.25, 0.3) is 11.6 Å². The van der Waals surface area contributed by atoms with E-state index in [9.17, 15) is 14.9 Å². The second-order valence-electron chi connectivity index (χ2n) is 5.34. The zero-order valence-electron chi connectivity index (χ0n) is 13.5. The van der Waals surface area contributed by atoms with Gasteiger partial charge in [0.2, 0.25) is 0 Å². The third-order valence-electron chi connectivity index (χ3n) is 4.12. The molecule has 1 heterocycles. The van der Waals surface area contributed by atoms with Crippen LogP contribution in [0.25, 0.3) is 0 Å². The number of amides is 1. The number of carbonyl (C=O) groups excluding carboxylic acids is 1. The van der Waals surface area contributed by atoms with Gasteiger partial charge >= 0.3 is 0 Å². The Balaban J connectivity index is 2.33. The molecule has 0 aliphatic carbocycles. The van der Waals surface area contributed by atoms with E-state index in [2.05, 4.69) is 5.32 Å². The summed E-state index contributed by atoms with van der Waals surface area (Å²) >= 11 is 1.39. The minimum Gasteiger partial charge on any atom is -0.495 e. The minimum absolute atomic E-state index is 0.128. The Kier molecular flexibility index (Phi) is 5.84. The van der Waals surface area contributed by atoms with Gasteiger partial charge in [0, 0.05) is 19.1 Å². The van der Waals surface area contributed by atoms with Crippen molar-refractivity contribution >= 4 is 23.4 Å². The highest BCUT2D eigenvalue weighted by atomic mass is 32.2. The van der Waals surface area contributed by atoms with Gasteiger partial charge in [-0.3, -0.25) is 14.9 Å². The molecule has 0 bridgehead atoms. The van der Waals surface area contributed by atoms with Crippen LogP contribution in [0, 0.1) is 10.1 Å². The number of rotatable bonds is 5. The van der Waals surface area contributed by atoms with Crippen LogP contribution in [0.15, 0.2) is 17.0 Å². The molecule has 1 fully saturated rings. The molecule has 1 aliphatic rings. The second-order valence-corrected chi connectivity index (χ2v) is 6.18. The monoisotopic (exact) mass is 339 g/mol. The van der Waals surface area contributed by atoms with E-state index in [1.807, 2.05) is 13.3 Å². The van der Waals surface area contributed by atoms with Crippen molar-refractivity contribution in [1.29, 1.82) is 0 Å². The van der Waals surface area contributed by atoms with Gasteiger partial charge in [0.15, 0.2) is 0 Å². The summed E-state index contributed by atoms with van der Waals surface area (Å²) < 4.78 is 5.18. The van der Waals surface area contributed by atoms with E-state index in [0.29, 0.717) is 29.8 Å². The Morgan fingerprint density at radius 1 is 1.43 bits per heavy atom. The van der Waals surface area contributed by atoms with Gasteiger partial charge in [-0.25, -0.2) is 0 Å². The van der Waals surface area contributed by atoms with Crippen LogP contribution in [0.4, 0.5) is 5.69 Å². The molecule has 23 heavy (non-hydrogen) atoms. The highest BCUT2D eigenvalue weighted by Gasteiger charge is 2.29. The molecule has 1 N–H and O–H groups in total. The molecule has 0 spiro atoms. The summed E-state index contributed by atoms with van der Waals surface area (Å²) in [7, 11) is 3.37. The number of nitro groups is 1. The maximum atomic E-state index is 12.7. The van der Waals surface area contributed by atoms with Gasteiger partial charge in [-0.2, -0.15) is 0 Å². The quantitative estimate of drug-likeness (QED) is 0.503. The summed E-state index contributed by atoms with van der Waals surface area (Å²) in [5.41, 5.74) is -0.0801. The van der Waals surface area contributed by atoms with Gasteiger partial charge in [0.05, 0.1) is 23.0 Å².